The van der Waals surface area contributed by atoms with Crippen molar-refractivity contribution in [3.8, 4) is 22.0 Å². The van der Waals surface area contributed by atoms with Gasteiger partial charge in [0.1, 0.15) is 10.7 Å². The van der Waals surface area contributed by atoms with Gasteiger partial charge in [-0.1, -0.05) is 18.2 Å². The molecule has 9 nitrogen and oxygen atoms in total. The highest BCUT2D eigenvalue weighted by atomic mass is 32.1. The van der Waals surface area contributed by atoms with E-state index >= 15 is 0 Å². The van der Waals surface area contributed by atoms with E-state index in [2.05, 4.69) is 20.4 Å². The lowest BCUT2D eigenvalue weighted by Gasteiger charge is -2.21. The number of nitrogens with one attached hydrogen (secondary N) is 1. The van der Waals surface area contributed by atoms with Crippen LogP contribution in [0.3, 0.4) is 0 Å². The predicted molar refractivity (Wildman–Crippen MR) is 126 cm³/mol. The number of carbonyl (C=O) groups excluding carboxylic acids is 1. The second-order valence-corrected chi connectivity index (χ2v) is 9.31. The maximum atomic E-state index is 12.5. The molecule has 0 unspecified atom stereocenters. The van der Waals surface area contributed by atoms with Gasteiger partial charge in [0.25, 0.3) is 5.91 Å². The number of aryl methyl sites for hydroxylation is 2. The molecule has 33 heavy (non-hydrogen) atoms. The first-order valence-corrected chi connectivity index (χ1v) is 11.3. The van der Waals surface area contributed by atoms with E-state index in [0.29, 0.717) is 36.0 Å². The lowest BCUT2D eigenvalue weighted by molar-refractivity contribution is -0.143. The molecular weight excluding hydrogens is 438 g/mol. The Hall–Kier alpha value is -3.63. The first-order chi connectivity index (χ1) is 15.8. The van der Waals surface area contributed by atoms with Gasteiger partial charge in [-0.25, -0.2) is 15.0 Å². The van der Waals surface area contributed by atoms with Crippen LogP contribution in [0.15, 0.2) is 48.8 Å². The highest BCUT2D eigenvalue weighted by molar-refractivity contribution is 7.15. The number of thiazole rings is 1. The van der Waals surface area contributed by atoms with Gasteiger partial charge in [-0.05, 0) is 24.6 Å². The number of carbonyl (C=O) groups is 1. The largest absolute Gasteiger partial charge is 0.375 e. The molecule has 1 atom stereocenters. The molecule has 0 spiro atoms. The number of nitrogens with zero attached hydrogens (tertiary/aromatic N) is 6. The van der Waals surface area contributed by atoms with E-state index < -0.39 is 5.60 Å². The summed E-state index contributed by atoms with van der Waals surface area (Å²) in [7, 11) is 3.55. The third-order valence-corrected chi connectivity index (χ3v) is 6.76. The van der Waals surface area contributed by atoms with Crippen molar-refractivity contribution in [1.82, 2.24) is 29.6 Å². The minimum absolute atomic E-state index is 0.274. The molecule has 168 valence electrons. The van der Waals surface area contributed by atoms with Crippen LogP contribution in [0.5, 0.6) is 0 Å². The third-order valence-electron chi connectivity index (χ3n) is 5.74. The fourth-order valence-corrected chi connectivity index (χ4v) is 4.85. The maximum Gasteiger partial charge on any atom is 0.258 e. The van der Waals surface area contributed by atoms with Crippen molar-refractivity contribution in [2.75, 3.05) is 18.9 Å². The summed E-state index contributed by atoms with van der Waals surface area (Å²) in [5, 5.41) is 19.2. The van der Waals surface area contributed by atoms with Crippen molar-refractivity contribution in [3.63, 3.8) is 0 Å². The number of aromatic nitrogens is 5. The molecule has 1 aliphatic heterocycles. The van der Waals surface area contributed by atoms with Crippen LogP contribution in [0, 0.1) is 6.92 Å². The Bertz CT molecular complexity index is 1350. The highest BCUT2D eigenvalue weighted by Crippen LogP contribution is 2.37. The van der Waals surface area contributed by atoms with Crippen LogP contribution in [0.25, 0.3) is 22.0 Å². The zero-order valence-corrected chi connectivity index (χ0v) is 19.3. The number of hydrogen-bond acceptors (Lipinski definition) is 8. The van der Waals surface area contributed by atoms with E-state index in [1.54, 1.807) is 40.2 Å². The normalized spacial score (nSPS) is 18.2. The van der Waals surface area contributed by atoms with Gasteiger partial charge in [-0.3, -0.25) is 9.48 Å². The molecule has 0 radical (unpaired) electrons. The minimum atomic E-state index is -1.49. The van der Waals surface area contributed by atoms with Crippen LogP contribution < -0.4 is 5.32 Å². The molecule has 4 aromatic rings. The van der Waals surface area contributed by atoms with Crippen molar-refractivity contribution < 1.29 is 9.90 Å². The lowest BCUT2D eigenvalue weighted by atomic mass is 9.91. The Morgan fingerprint density at radius 2 is 2.03 bits per heavy atom. The summed E-state index contributed by atoms with van der Waals surface area (Å²) in [4.78, 5) is 28.8. The number of anilines is 2. The van der Waals surface area contributed by atoms with Crippen molar-refractivity contribution in [2.45, 2.75) is 18.9 Å². The monoisotopic (exact) mass is 461 g/mol. The Morgan fingerprint density at radius 3 is 2.76 bits per heavy atom. The molecule has 2 N–H and O–H groups in total. The first kappa shape index (κ1) is 21.2. The third kappa shape index (κ3) is 3.87. The number of benzene rings is 1. The summed E-state index contributed by atoms with van der Waals surface area (Å²) in [6.45, 7) is 2.53. The Morgan fingerprint density at radius 1 is 1.18 bits per heavy atom. The molecule has 4 heterocycles. The average molecular weight is 462 g/mol. The Kier molecular flexibility index (Phi) is 5.18. The smallest absolute Gasteiger partial charge is 0.258 e. The van der Waals surface area contributed by atoms with Crippen LogP contribution in [0.4, 0.5) is 11.8 Å². The summed E-state index contributed by atoms with van der Waals surface area (Å²) in [6, 6.07) is 11.1. The molecule has 10 heteroatoms. The summed E-state index contributed by atoms with van der Waals surface area (Å²) >= 11 is 1.54. The topological polar surface area (TPSA) is 109 Å². The van der Waals surface area contributed by atoms with Gasteiger partial charge >= 0.3 is 0 Å². The zero-order valence-electron chi connectivity index (χ0n) is 18.5. The van der Waals surface area contributed by atoms with Crippen molar-refractivity contribution in [2.24, 2.45) is 7.05 Å². The lowest BCUT2D eigenvalue weighted by Crippen LogP contribution is -2.36. The summed E-state index contributed by atoms with van der Waals surface area (Å²) in [6.07, 6.45) is 3.90. The van der Waals surface area contributed by atoms with Gasteiger partial charge in [0.05, 0.1) is 5.69 Å². The van der Waals surface area contributed by atoms with Gasteiger partial charge in [-0.2, -0.15) is 5.10 Å². The molecule has 0 aliphatic carbocycles. The minimum Gasteiger partial charge on any atom is -0.375 e. The zero-order chi connectivity index (χ0) is 23.2. The quantitative estimate of drug-likeness (QED) is 0.470. The van der Waals surface area contributed by atoms with E-state index in [-0.39, 0.29) is 5.91 Å². The van der Waals surface area contributed by atoms with Gasteiger partial charge < -0.3 is 15.3 Å². The number of aliphatic hydroxyl groups is 1. The number of hydrogen-bond donors (Lipinski definition) is 2. The standard InChI is InChI=1S/C23H23N7O2S/c1-14-19(17-7-10-24-22(25-17)26-18-8-11-30(3)28-18)27-20(33-14)15-5-4-6-16(13-15)23(32)9-12-29(2)21(23)31/h4-8,10-11,13,32H,9,12H2,1-3H3,(H,24,25,26,28)/t23-/m1/s1. The fraction of sp³-hybridized carbons (Fsp3) is 0.261. The second-order valence-electron chi connectivity index (χ2n) is 8.11. The summed E-state index contributed by atoms with van der Waals surface area (Å²) in [5.41, 5.74) is 1.42. The maximum absolute atomic E-state index is 12.5. The Balaban J connectivity index is 1.45. The van der Waals surface area contributed by atoms with Crippen LogP contribution in [0.2, 0.25) is 0 Å². The van der Waals surface area contributed by atoms with E-state index in [4.69, 9.17) is 4.98 Å². The van der Waals surface area contributed by atoms with E-state index in [9.17, 15) is 9.90 Å². The molecule has 5 rings (SSSR count). The second kappa shape index (κ2) is 8.05. The average Bonchev–Trinajstić information content (AvgIpc) is 3.48. The SMILES string of the molecule is Cc1sc(-c2cccc([C@]3(O)CCN(C)C3=O)c2)nc1-c1ccnc(Nc2ccn(C)n2)n1. The predicted octanol–water partition coefficient (Wildman–Crippen LogP) is 3.10. The van der Waals surface area contributed by atoms with E-state index in [1.165, 1.54) is 0 Å². The van der Waals surface area contributed by atoms with Crippen LogP contribution >= 0.6 is 11.3 Å². The van der Waals surface area contributed by atoms with Crippen molar-refractivity contribution >= 4 is 29.0 Å². The summed E-state index contributed by atoms with van der Waals surface area (Å²) in [5.74, 6) is 0.824. The summed E-state index contributed by atoms with van der Waals surface area (Å²) < 4.78 is 1.70. The first-order valence-electron chi connectivity index (χ1n) is 10.5. The van der Waals surface area contributed by atoms with Gasteiger partial charge in [0.15, 0.2) is 11.4 Å². The van der Waals surface area contributed by atoms with Gasteiger partial charge in [-0.15, -0.1) is 11.3 Å². The van der Waals surface area contributed by atoms with Crippen LogP contribution in [-0.4, -0.2) is 54.2 Å². The Labute approximate surface area is 194 Å². The molecule has 1 amide bonds. The van der Waals surface area contributed by atoms with E-state index in [1.807, 2.05) is 50.5 Å². The van der Waals surface area contributed by atoms with Crippen LogP contribution in [0.1, 0.15) is 16.9 Å². The van der Waals surface area contributed by atoms with Gasteiger partial charge in [0, 0.05) is 56.0 Å². The number of amides is 1. The van der Waals surface area contributed by atoms with Crippen molar-refractivity contribution in [3.05, 3.63) is 59.2 Å². The molecule has 1 fully saturated rings. The molecular formula is C23H23N7O2S. The molecule has 1 saturated heterocycles. The fourth-order valence-electron chi connectivity index (χ4n) is 3.94. The molecule has 3 aromatic heterocycles. The van der Waals surface area contributed by atoms with Gasteiger partial charge in [0.2, 0.25) is 5.95 Å². The van der Waals surface area contributed by atoms with E-state index in [0.717, 1.165) is 21.1 Å². The number of likely N-dealkylation sites (N-methyl/N-ethyl adjacent to an activating group) is 1. The molecule has 1 aromatic carbocycles. The van der Waals surface area contributed by atoms with Crippen LogP contribution in [-0.2, 0) is 17.4 Å². The number of rotatable bonds is 5. The molecule has 0 saturated carbocycles. The van der Waals surface area contributed by atoms with Crippen molar-refractivity contribution in [1.29, 1.82) is 0 Å². The molecule has 1 aliphatic rings. The molecule has 0 bridgehead atoms. The number of likely N-dealkylation sites (tertiary alicyclic amines) is 1. The highest BCUT2D eigenvalue weighted by Gasteiger charge is 2.45.